The van der Waals surface area contributed by atoms with E-state index in [4.69, 9.17) is 21.1 Å². The Bertz CT molecular complexity index is 647. The second kappa shape index (κ2) is 7.04. The summed E-state index contributed by atoms with van der Waals surface area (Å²) in [5, 5.41) is 0. The van der Waals surface area contributed by atoms with Gasteiger partial charge in [-0.25, -0.2) is 14.8 Å². The molecule has 2 aromatic rings. The molecule has 0 aliphatic rings. The summed E-state index contributed by atoms with van der Waals surface area (Å²) in [4.78, 5) is 20.4. The SMILES string of the molecule is CCOC(=O)c1cnc(-c2ccccc2OC)nc1CCl. The van der Waals surface area contributed by atoms with E-state index < -0.39 is 5.97 Å². The van der Waals surface area contributed by atoms with Crippen LogP contribution in [0.4, 0.5) is 0 Å². The highest BCUT2D eigenvalue weighted by Crippen LogP contribution is 2.27. The van der Waals surface area contributed by atoms with Gasteiger partial charge in [-0.3, -0.25) is 0 Å². The molecule has 0 aliphatic heterocycles. The summed E-state index contributed by atoms with van der Waals surface area (Å²) < 4.78 is 10.2. The largest absolute Gasteiger partial charge is 0.496 e. The zero-order chi connectivity index (χ0) is 15.2. The smallest absolute Gasteiger partial charge is 0.341 e. The van der Waals surface area contributed by atoms with Gasteiger partial charge in [0.15, 0.2) is 5.82 Å². The van der Waals surface area contributed by atoms with Crippen LogP contribution in [0, 0.1) is 0 Å². The molecule has 0 spiro atoms. The fraction of sp³-hybridized carbons (Fsp3) is 0.267. The van der Waals surface area contributed by atoms with Gasteiger partial charge in [0.1, 0.15) is 11.3 Å². The number of aromatic nitrogens is 2. The molecule has 110 valence electrons. The van der Waals surface area contributed by atoms with Crippen molar-refractivity contribution in [3.8, 4) is 17.1 Å². The number of rotatable bonds is 5. The van der Waals surface area contributed by atoms with Gasteiger partial charge in [0.05, 0.1) is 30.9 Å². The summed E-state index contributed by atoms with van der Waals surface area (Å²) in [6.07, 6.45) is 1.44. The van der Waals surface area contributed by atoms with Crippen molar-refractivity contribution in [1.82, 2.24) is 9.97 Å². The summed E-state index contributed by atoms with van der Waals surface area (Å²) in [7, 11) is 1.58. The summed E-state index contributed by atoms with van der Waals surface area (Å²) in [6.45, 7) is 2.02. The van der Waals surface area contributed by atoms with Crippen LogP contribution in [-0.4, -0.2) is 29.7 Å². The second-order valence-corrected chi connectivity index (χ2v) is 4.38. The molecule has 0 bridgehead atoms. The fourth-order valence-corrected chi connectivity index (χ4v) is 2.06. The summed E-state index contributed by atoms with van der Waals surface area (Å²) >= 11 is 5.88. The molecule has 5 nitrogen and oxygen atoms in total. The number of hydrogen-bond donors (Lipinski definition) is 0. The van der Waals surface area contributed by atoms with E-state index in [1.54, 1.807) is 14.0 Å². The molecule has 1 heterocycles. The van der Waals surface area contributed by atoms with Gasteiger partial charge in [-0.15, -0.1) is 11.6 Å². The standard InChI is InChI=1S/C15H15ClN2O3/c1-3-21-15(19)11-9-17-14(18-12(11)8-16)10-6-4-5-7-13(10)20-2/h4-7,9H,3,8H2,1-2H3. The number of benzene rings is 1. The Balaban J connectivity index is 2.46. The Hall–Kier alpha value is -2.14. The van der Waals surface area contributed by atoms with E-state index in [1.165, 1.54) is 6.20 Å². The molecule has 0 aliphatic carbocycles. The number of carbonyl (C=O) groups excluding carboxylic acids is 1. The number of hydrogen-bond acceptors (Lipinski definition) is 5. The van der Waals surface area contributed by atoms with E-state index in [1.807, 2.05) is 24.3 Å². The third-order valence-corrected chi connectivity index (χ3v) is 3.09. The number of carbonyl (C=O) groups is 1. The van der Waals surface area contributed by atoms with Crippen LogP contribution in [-0.2, 0) is 10.6 Å². The van der Waals surface area contributed by atoms with Crippen molar-refractivity contribution in [2.75, 3.05) is 13.7 Å². The minimum atomic E-state index is -0.472. The van der Waals surface area contributed by atoms with Gasteiger partial charge < -0.3 is 9.47 Å². The highest BCUT2D eigenvalue weighted by Gasteiger charge is 2.17. The maximum absolute atomic E-state index is 11.8. The van der Waals surface area contributed by atoms with Crippen LogP contribution in [0.3, 0.4) is 0 Å². The molecule has 0 fully saturated rings. The van der Waals surface area contributed by atoms with E-state index in [-0.39, 0.29) is 18.1 Å². The molecule has 0 atom stereocenters. The molecular weight excluding hydrogens is 292 g/mol. The lowest BCUT2D eigenvalue weighted by Gasteiger charge is -2.10. The molecule has 0 amide bonds. The van der Waals surface area contributed by atoms with Gasteiger partial charge >= 0.3 is 5.97 Å². The Morgan fingerprint density at radius 3 is 2.76 bits per heavy atom. The molecule has 1 aromatic carbocycles. The summed E-state index contributed by atoms with van der Waals surface area (Å²) in [5.41, 5.74) is 1.46. The van der Waals surface area contributed by atoms with E-state index in [2.05, 4.69) is 9.97 Å². The number of alkyl halides is 1. The van der Waals surface area contributed by atoms with Crippen LogP contribution in [0.1, 0.15) is 23.0 Å². The number of ether oxygens (including phenoxy) is 2. The third kappa shape index (κ3) is 3.31. The van der Waals surface area contributed by atoms with Crippen molar-refractivity contribution in [3.05, 3.63) is 41.7 Å². The van der Waals surface area contributed by atoms with E-state index in [0.717, 1.165) is 5.56 Å². The van der Waals surface area contributed by atoms with Crippen LogP contribution in [0.5, 0.6) is 5.75 Å². The normalized spacial score (nSPS) is 10.2. The van der Waals surface area contributed by atoms with E-state index in [0.29, 0.717) is 17.3 Å². The number of esters is 1. The van der Waals surface area contributed by atoms with Crippen molar-refractivity contribution in [2.24, 2.45) is 0 Å². The predicted molar refractivity (Wildman–Crippen MR) is 79.5 cm³/mol. The zero-order valence-electron chi connectivity index (χ0n) is 11.8. The first-order chi connectivity index (χ1) is 10.2. The van der Waals surface area contributed by atoms with Crippen molar-refractivity contribution in [1.29, 1.82) is 0 Å². The Kier molecular flexibility index (Phi) is 5.11. The first-order valence-corrected chi connectivity index (χ1v) is 6.97. The van der Waals surface area contributed by atoms with Gasteiger partial charge in [-0.2, -0.15) is 0 Å². The van der Waals surface area contributed by atoms with Gasteiger partial charge in [0, 0.05) is 6.20 Å². The summed E-state index contributed by atoms with van der Waals surface area (Å²) in [5.74, 6) is 0.733. The maximum atomic E-state index is 11.8. The first-order valence-electron chi connectivity index (χ1n) is 6.43. The Morgan fingerprint density at radius 1 is 1.33 bits per heavy atom. The molecule has 0 radical (unpaired) electrons. The highest BCUT2D eigenvalue weighted by molar-refractivity contribution is 6.17. The Morgan fingerprint density at radius 2 is 2.10 bits per heavy atom. The van der Waals surface area contributed by atoms with E-state index >= 15 is 0 Å². The lowest BCUT2D eigenvalue weighted by atomic mass is 10.1. The number of halogens is 1. The molecule has 1 aromatic heterocycles. The number of para-hydroxylation sites is 1. The molecule has 0 unspecified atom stereocenters. The van der Waals surface area contributed by atoms with Gasteiger partial charge in [0.2, 0.25) is 0 Å². The quantitative estimate of drug-likeness (QED) is 0.627. The average molecular weight is 307 g/mol. The van der Waals surface area contributed by atoms with Crippen LogP contribution >= 0.6 is 11.6 Å². The molecule has 2 rings (SSSR count). The van der Waals surface area contributed by atoms with Crippen LogP contribution in [0.25, 0.3) is 11.4 Å². The van der Waals surface area contributed by atoms with Crippen LogP contribution in [0.2, 0.25) is 0 Å². The number of nitrogens with zero attached hydrogens (tertiary/aromatic N) is 2. The van der Waals surface area contributed by atoms with Crippen molar-refractivity contribution in [2.45, 2.75) is 12.8 Å². The van der Waals surface area contributed by atoms with Crippen molar-refractivity contribution >= 4 is 17.6 Å². The predicted octanol–water partition coefficient (Wildman–Crippen LogP) is 3.07. The van der Waals surface area contributed by atoms with Crippen LogP contribution in [0.15, 0.2) is 30.5 Å². The average Bonchev–Trinajstić information content (AvgIpc) is 2.54. The lowest BCUT2D eigenvalue weighted by molar-refractivity contribution is 0.0524. The van der Waals surface area contributed by atoms with Crippen LogP contribution < -0.4 is 4.74 Å². The molecule has 0 saturated heterocycles. The molecule has 0 saturated carbocycles. The summed E-state index contributed by atoms with van der Waals surface area (Å²) in [6, 6.07) is 7.38. The lowest BCUT2D eigenvalue weighted by Crippen LogP contribution is -2.10. The molecule has 21 heavy (non-hydrogen) atoms. The third-order valence-electron chi connectivity index (χ3n) is 2.84. The van der Waals surface area contributed by atoms with Crippen molar-refractivity contribution in [3.63, 3.8) is 0 Å². The van der Waals surface area contributed by atoms with Crippen molar-refractivity contribution < 1.29 is 14.3 Å². The molecule has 0 N–H and O–H groups in total. The van der Waals surface area contributed by atoms with Gasteiger partial charge in [0.25, 0.3) is 0 Å². The molecular formula is C15H15ClN2O3. The zero-order valence-corrected chi connectivity index (χ0v) is 12.6. The highest BCUT2D eigenvalue weighted by atomic mass is 35.5. The Labute approximate surface area is 127 Å². The molecule has 6 heteroatoms. The van der Waals surface area contributed by atoms with E-state index in [9.17, 15) is 4.79 Å². The van der Waals surface area contributed by atoms with Gasteiger partial charge in [-0.1, -0.05) is 12.1 Å². The number of methoxy groups -OCH3 is 1. The minimum absolute atomic E-state index is 0.0960. The van der Waals surface area contributed by atoms with Gasteiger partial charge in [-0.05, 0) is 19.1 Å². The minimum Gasteiger partial charge on any atom is -0.496 e. The monoisotopic (exact) mass is 306 g/mol. The topological polar surface area (TPSA) is 61.3 Å². The fourth-order valence-electron chi connectivity index (χ4n) is 1.86. The maximum Gasteiger partial charge on any atom is 0.341 e. The first kappa shape index (κ1) is 15.3. The second-order valence-electron chi connectivity index (χ2n) is 4.11.